The van der Waals surface area contributed by atoms with E-state index in [1.807, 2.05) is 0 Å². The van der Waals surface area contributed by atoms with Gasteiger partial charge in [-0.2, -0.15) is 35.7 Å². The Balaban J connectivity index is 2.98. The number of aromatic amines is 1. The van der Waals surface area contributed by atoms with E-state index in [1.165, 1.54) is 0 Å². The van der Waals surface area contributed by atoms with Gasteiger partial charge >= 0.3 is 29.9 Å². The van der Waals surface area contributed by atoms with Crippen molar-refractivity contribution < 1.29 is 45.4 Å². The summed E-state index contributed by atoms with van der Waals surface area (Å²) in [6, 6.07) is 0. The summed E-state index contributed by atoms with van der Waals surface area (Å²) < 4.78 is 86.2. The highest BCUT2D eigenvalue weighted by atomic mass is 19.4. The molecule has 1 rings (SSSR count). The van der Waals surface area contributed by atoms with Crippen LogP contribution in [0.25, 0.3) is 0 Å². The zero-order chi connectivity index (χ0) is 16.6. The van der Waals surface area contributed by atoms with E-state index < -0.39 is 41.7 Å². The van der Waals surface area contributed by atoms with Gasteiger partial charge in [0.15, 0.2) is 0 Å². The fourth-order valence-corrected chi connectivity index (χ4v) is 0.914. The van der Waals surface area contributed by atoms with Crippen LogP contribution in [0.4, 0.5) is 36.7 Å². The van der Waals surface area contributed by atoms with Crippen molar-refractivity contribution in [3.8, 4) is 0 Å². The van der Waals surface area contributed by atoms with Gasteiger partial charge in [-0.3, -0.25) is 15.2 Å². The van der Waals surface area contributed by atoms with Gasteiger partial charge in [-0.25, -0.2) is 4.79 Å². The van der Waals surface area contributed by atoms with Crippen molar-refractivity contribution in [1.29, 1.82) is 0 Å². The maximum atomic E-state index is 12.9. The summed E-state index contributed by atoms with van der Waals surface area (Å²) in [4.78, 5) is 24.0. The molecule has 1 heterocycles. The van der Waals surface area contributed by atoms with Gasteiger partial charge in [0.25, 0.3) is 0 Å². The molecule has 14 heteroatoms. The first kappa shape index (κ1) is 16.6. The summed E-state index contributed by atoms with van der Waals surface area (Å²) in [5.41, 5.74) is 0. The van der Waals surface area contributed by atoms with Crippen molar-refractivity contribution in [2.24, 2.45) is 0 Å². The maximum absolute atomic E-state index is 12.9. The zero-order valence-electron chi connectivity index (χ0n) is 9.30. The second kappa shape index (κ2) is 4.85. The number of carboxylic acid groups (broad SMARTS) is 1. The van der Waals surface area contributed by atoms with Crippen LogP contribution in [0.1, 0.15) is 10.6 Å². The molecule has 0 unspecified atom stereocenters. The van der Waals surface area contributed by atoms with E-state index in [-0.39, 0.29) is 0 Å². The number of H-pyrrole nitrogens is 1. The fourth-order valence-electron chi connectivity index (χ4n) is 0.914. The Labute approximate surface area is 109 Å². The molecule has 0 atom stereocenters. The number of aromatic carboxylic acids is 1. The first-order valence-electron chi connectivity index (χ1n) is 4.60. The van der Waals surface area contributed by atoms with Crippen LogP contribution in [0, 0.1) is 0 Å². The van der Waals surface area contributed by atoms with Crippen LogP contribution in [-0.2, 0) is 4.79 Å². The number of carboxylic acids is 1. The lowest BCUT2D eigenvalue weighted by Crippen LogP contribution is -2.57. The van der Waals surface area contributed by atoms with E-state index in [9.17, 15) is 40.3 Å². The lowest BCUT2D eigenvalue weighted by Gasteiger charge is -2.26. The minimum Gasteiger partial charge on any atom is -0.475 e. The van der Waals surface area contributed by atoms with Gasteiger partial charge in [0.1, 0.15) is 0 Å². The number of anilines is 1. The van der Waals surface area contributed by atoms with Crippen LogP contribution in [0.3, 0.4) is 0 Å². The molecule has 0 spiro atoms. The molecule has 0 fully saturated rings. The predicted molar refractivity (Wildman–Crippen MR) is 47.9 cm³/mol. The molecule has 1 amide bonds. The SMILES string of the molecule is O=C(O)c1nc(NC(=O)C(F)(F)C(F)(F)C(F)(F)F)n[nH]1. The minimum atomic E-state index is -6.68. The van der Waals surface area contributed by atoms with E-state index >= 15 is 0 Å². The van der Waals surface area contributed by atoms with Gasteiger partial charge < -0.3 is 5.11 Å². The normalized spacial score (nSPS) is 13.1. The highest BCUT2D eigenvalue weighted by Gasteiger charge is 2.76. The number of carbonyl (C=O) groups is 2. The summed E-state index contributed by atoms with van der Waals surface area (Å²) in [5.74, 6) is -19.8. The number of hydrogen-bond acceptors (Lipinski definition) is 4. The summed E-state index contributed by atoms with van der Waals surface area (Å²) >= 11 is 0. The van der Waals surface area contributed by atoms with Crippen molar-refractivity contribution in [1.82, 2.24) is 15.2 Å². The molecule has 21 heavy (non-hydrogen) atoms. The third-order valence-electron chi connectivity index (χ3n) is 1.95. The molecule has 1 aromatic heterocycles. The number of amides is 1. The third kappa shape index (κ3) is 2.87. The van der Waals surface area contributed by atoms with E-state index in [0.717, 1.165) is 5.32 Å². The average Bonchev–Trinajstić information content (AvgIpc) is 2.75. The number of nitrogens with one attached hydrogen (secondary N) is 2. The van der Waals surface area contributed by atoms with Crippen LogP contribution < -0.4 is 5.32 Å². The summed E-state index contributed by atoms with van der Waals surface area (Å²) in [6.07, 6.45) is -6.68. The van der Waals surface area contributed by atoms with Crippen molar-refractivity contribution >= 4 is 17.8 Å². The molecule has 1 aromatic rings. The molecule has 3 N–H and O–H groups in total. The van der Waals surface area contributed by atoms with Crippen LogP contribution in [0.2, 0.25) is 0 Å². The Morgan fingerprint density at radius 2 is 1.62 bits per heavy atom. The number of hydrogen-bond donors (Lipinski definition) is 3. The Hall–Kier alpha value is -2.41. The second-order valence-electron chi connectivity index (χ2n) is 3.41. The second-order valence-corrected chi connectivity index (χ2v) is 3.41. The number of nitrogens with zero attached hydrogens (tertiary/aromatic N) is 2. The van der Waals surface area contributed by atoms with Gasteiger partial charge in [0.05, 0.1) is 0 Å². The van der Waals surface area contributed by atoms with Gasteiger partial charge in [0.2, 0.25) is 11.8 Å². The van der Waals surface area contributed by atoms with Crippen LogP contribution in [-0.4, -0.2) is 50.2 Å². The average molecular weight is 324 g/mol. The molecular weight excluding hydrogens is 321 g/mol. The van der Waals surface area contributed by atoms with Crippen molar-refractivity contribution in [2.45, 2.75) is 18.0 Å². The highest BCUT2D eigenvalue weighted by molar-refractivity contribution is 5.96. The summed E-state index contributed by atoms with van der Waals surface area (Å²) in [5, 5.41) is 13.6. The van der Waals surface area contributed by atoms with Crippen molar-refractivity contribution in [3.05, 3.63) is 5.82 Å². The largest absolute Gasteiger partial charge is 0.475 e. The van der Waals surface area contributed by atoms with E-state index in [4.69, 9.17) is 5.11 Å². The Kier molecular flexibility index (Phi) is 3.84. The third-order valence-corrected chi connectivity index (χ3v) is 1.95. The topological polar surface area (TPSA) is 108 Å². The molecule has 0 bridgehead atoms. The first-order valence-corrected chi connectivity index (χ1v) is 4.60. The summed E-state index contributed by atoms with van der Waals surface area (Å²) in [6.45, 7) is 0. The van der Waals surface area contributed by atoms with E-state index in [1.54, 1.807) is 5.10 Å². The number of aromatic nitrogens is 3. The fraction of sp³-hybridized carbons (Fsp3) is 0.429. The van der Waals surface area contributed by atoms with Gasteiger partial charge in [0, 0.05) is 0 Å². The number of halogens is 7. The molecule has 7 nitrogen and oxygen atoms in total. The van der Waals surface area contributed by atoms with Crippen LogP contribution in [0.5, 0.6) is 0 Å². The first-order chi connectivity index (χ1) is 9.30. The summed E-state index contributed by atoms with van der Waals surface area (Å²) in [7, 11) is 0. The predicted octanol–water partition coefficient (Wildman–Crippen LogP) is 1.27. The lowest BCUT2D eigenvalue weighted by molar-refractivity contribution is -0.343. The standard InChI is InChI=1S/C7H3F7N4O3/c8-5(9,6(10,11)7(12,13)14)3(21)16-4-15-1(2(19)20)17-18-4/h(H,19,20)(H2,15,16,17,18,21). The van der Waals surface area contributed by atoms with Gasteiger partial charge in [-0.15, -0.1) is 5.10 Å². The molecule has 0 aliphatic heterocycles. The number of alkyl halides is 7. The molecule has 0 aromatic carbocycles. The molecule has 118 valence electrons. The quantitative estimate of drug-likeness (QED) is 0.723. The number of rotatable bonds is 4. The molecule has 0 aliphatic carbocycles. The van der Waals surface area contributed by atoms with Crippen LogP contribution >= 0.6 is 0 Å². The molecular formula is C7H3F7N4O3. The lowest BCUT2D eigenvalue weighted by atomic mass is 10.1. The Bertz CT molecular complexity index is 567. The van der Waals surface area contributed by atoms with Gasteiger partial charge in [-0.05, 0) is 0 Å². The minimum absolute atomic E-state index is 0.850. The van der Waals surface area contributed by atoms with E-state index in [2.05, 4.69) is 10.1 Å². The van der Waals surface area contributed by atoms with Crippen molar-refractivity contribution in [3.63, 3.8) is 0 Å². The Morgan fingerprint density at radius 1 is 1.10 bits per heavy atom. The number of carbonyl (C=O) groups excluding carboxylic acids is 1. The van der Waals surface area contributed by atoms with Crippen LogP contribution in [0.15, 0.2) is 0 Å². The molecule has 0 aliphatic rings. The zero-order valence-corrected chi connectivity index (χ0v) is 9.30. The molecule has 0 saturated carbocycles. The highest BCUT2D eigenvalue weighted by Crippen LogP contribution is 2.46. The monoisotopic (exact) mass is 324 g/mol. The maximum Gasteiger partial charge on any atom is 0.460 e. The Morgan fingerprint density at radius 3 is 2.00 bits per heavy atom. The van der Waals surface area contributed by atoms with Crippen molar-refractivity contribution in [2.75, 3.05) is 5.32 Å². The molecule has 0 saturated heterocycles. The van der Waals surface area contributed by atoms with Gasteiger partial charge in [-0.1, -0.05) is 0 Å². The molecule has 0 radical (unpaired) electrons. The van der Waals surface area contributed by atoms with E-state index in [0.29, 0.717) is 0 Å². The smallest absolute Gasteiger partial charge is 0.460 e.